The van der Waals surface area contributed by atoms with Crippen molar-refractivity contribution in [3.63, 3.8) is 0 Å². The summed E-state index contributed by atoms with van der Waals surface area (Å²) in [5, 5.41) is 30.2. The van der Waals surface area contributed by atoms with Crippen molar-refractivity contribution >= 4 is 84.8 Å². The van der Waals surface area contributed by atoms with Crippen LogP contribution in [0.5, 0.6) is 23.0 Å². The monoisotopic (exact) mass is 1950 g/mol. The number of aromatic nitrogens is 4. The van der Waals surface area contributed by atoms with Gasteiger partial charge < -0.3 is 83.4 Å². The summed E-state index contributed by atoms with van der Waals surface area (Å²) in [6, 6.07) is 26.1. The van der Waals surface area contributed by atoms with Crippen molar-refractivity contribution in [2.75, 3.05) is 13.1 Å². The second-order valence-electron chi connectivity index (χ2n) is 30.0. The number of likely N-dealkylation sites (tertiary alicyclic amines) is 1. The van der Waals surface area contributed by atoms with Crippen molar-refractivity contribution in [1.29, 1.82) is 0 Å². The number of benzene rings is 4. The minimum atomic E-state index is -5.21. The molecule has 12 N–H and O–H groups in total. The quantitative estimate of drug-likeness (QED) is 0.0155. The number of hydrogen-bond donors (Lipinski definition) is 12. The Bertz CT molecular complexity index is 5790. The maximum Gasteiger partial charge on any atom is 0.415 e. The van der Waals surface area contributed by atoms with Crippen LogP contribution in [-0.2, 0) is 113 Å². The van der Waals surface area contributed by atoms with Crippen molar-refractivity contribution in [2.45, 2.75) is 136 Å². The lowest BCUT2D eigenvalue weighted by molar-refractivity contribution is -0.141. The molecule has 2 aliphatic carbocycles. The van der Waals surface area contributed by atoms with E-state index in [-0.39, 0.29) is 73.8 Å². The predicted octanol–water partition coefficient (Wildman–Crippen LogP) is 12.8. The average Bonchev–Trinajstić information content (AvgIpc) is 0.768. The van der Waals surface area contributed by atoms with Gasteiger partial charge in [-0.15, -0.1) is 0 Å². The number of nitrogens with zero attached hydrogens (tertiary/aromatic N) is 5. The topological polar surface area (TPSA) is 613 Å². The fourth-order valence-corrected chi connectivity index (χ4v) is 27.0. The first kappa shape index (κ1) is 98.8. The second kappa shape index (κ2) is 39.3. The van der Waals surface area contributed by atoms with Crippen LogP contribution < -0.4 is 18.9 Å². The molecule has 5 aliphatic heterocycles. The number of pyridine rings is 4. The molecule has 8 aromatic rings. The molecule has 9 heterocycles. The number of hydrogen-bond acceptors (Lipinski definition) is 32. The van der Waals surface area contributed by atoms with Crippen LogP contribution in [0.4, 0.5) is 18.0 Å². The van der Waals surface area contributed by atoms with Crippen LogP contribution in [0.15, 0.2) is 189 Å². The van der Waals surface area contributed by atoms with Crippen LogP contribution in [0.2, 0.25) is 0 Å². The van der Waals surface area contributed by atoms with Gasteiger partial charge in [0.05, 0.1) is 11.8 Å². The third-order valence-corrected chi connectivity index (χ3v) is 38.6. The number of rotatable bonds is 19. The molecular weight excluding hydrogens is 1860 g/mol. The van der Waals surface area contributed by atoms with E-state index in [4.69, 9.17) is 55.1 Å². The lowest BCUT2D eigenvalue weighted by Crippen LogP contribution is -2.38. The molecule has 52 heteroatoms. The molecule has 5 saturated heterocycles. The molecule has 2 saturated carbocycles. The van der Waals surface area contributed by atoms with Gasteiger partial charge in [0.15, 0.2) is 34.7 Å². The molecule has 4 aromatic heterocycles. The molecule has 15 rings (SSSR count). The van der Waals surface area contributed by atoms with E-state index in [1.54, 1.807) is 13.8 Å². The van der Waals surface area contributed by atoms with E-state index in [2.05, 4.69) is 19.9 Å². The zero-order chi connectivity index (χ0) is 93.0. The molecule has 41 nitrogen and oxygen atoms in total. The predicted molar refractivity (Wildman–Crippen MR) is 433 cm³/mol. The zero-order valence-corrected chi connectivity index (χ0v) is 74.0. The maximum absolute atomic E-state index is 14.6. The smallest absolute Gasteiger partial charge is 0.415 e. The number of esters is 3. The van der Waals surface area contributed by atoms with Gasteiger partial charge in [0.2, 0.25) is 25.2 Å². The van der Waals surface area contributed by atoms with Crippen molar-refractivity contribution in [3.05, 3.63) is 251 Å². The maximum atomic E-state index is 14.6. The Balaban J connectivity index is 0.000000155. The summed E-state index contributed by atoms with van der Waals surface area (Å²) in [5.41, 5.74) is 0.851. The van der Waals surface area contributed by atoms with Crippen molar-refractivity contribution < 1.29 is 184 Å². The Hall–Kier alpha value is -8.27. The number of amides is 1. The van der Waals surface area contributed by atoms with E-state index < -0.39 is 179 Å². The molecule has 4 aromatic carbocycles. The Labute approximate surface area is 724 Å². The zero-order valence-electron chi connectivity index (χ0n) is 66.8. The third kappa shape index (κ3) is 22.0. The summed E-state index contributed by atoms with van der Waals surface area (Å²) in [6.45, 7) is 4.30. The fraction of sp³-hybridized carbons (Fsp3) is 0.342. The number of ether oxygens (including phenoxy) is 4. The SMILES string of the molecule is CC(C)=CC(=O)Oc1ccc(C2OP(=O)(O)C(O)(Cc3cccnc3)P(=O)(O)O2)cc1F.O=C(Oc1ccc(C2OP(=O)(O)C(O)(Cc3cccnc3)P(=O)(O)O2)cc1)C1CCC1.O=C(Oc1ccc(C2OP(=O)(O)C(O)(Cc3cccnc3)P(=O)(O)O2)cc1F)C1CC1.O=C(Oc1ccc(C2OP(=O)(O)C(O)(Cc3cccnc3)P(=O)(O)O2)cc1F)N1CCCCC1. The molecule has 8 atom stereocenters. The number of halogens is 3. The largest absolute Gasteiger partial charge is 0.426 e. The molecule has 0 bridgehead atoms. The van der Waals surface area contributed by atoms with Crippen molar-refractivity contribution in [3.8, 4) is 23.0 Å². The van der Waals surface area contributed by atoms with Gasteiger partial charge >= 0.3 is 84.8 Å². The van der Waals surface area contributed by atoms with Gasteiger partial charge in [-0.2, -0.15) is 0 Å². The number of carbonyl (C=O) groups is 4. The van der Waals surface area contributed by atoms with Crippen LogP contribution in [0, 0.1) is 29.3 Å². The van der Waals surface area contributed by atoms with Gasteiger partial charge in [0.1, 0.15) is 5.75 Å². The first-order valence-electron chi connectivity index (χ1n) is 38.3. The van der Waals surface area contributed by atoms with E-state index in [0.717, 1.165) is 99.2 Å². The lowest BCUT2D eigenvalue weighted by Gasteiger charge is -2.41. The number of piperidine rings is 1. The van der Waals surface area contributed by atoms with Gasteiger partial charge in [0.25, 0.3) is 20.3 Å². The van der Waals surface area contributed by atoms with E-state index in [1.807, 2.05) is 0 Å². The van der Waals surface area contributed by atoms with Crippen LogP contribution >= 0.6 is 60.8 Å². The Morgan fingerprint density at radius 1 is 0.391 bits per heavy atom. The Morgan fingerprint density at radius 2 is 0.680 bits per heavy atom. The highest BCUT2D eigenvalue weighted by Crippen LogP contribution is 2.83. The first-order chi connectivity index (χ1) is 60.0. The summed E-state index contributed by atoms with van der Waals surface area (Å²) in [7, 11) is -41.3. The number of aliphatic hydroxyl groups is 4. The number of allylic oxidation sites excluding steroid dienone is 1. The van der Waals surface area contributed by atoms with Crippen molar-refractivity contribution in [1.82, 2.24) is 24.8 Å². The molecule has 1 amide bonds. The molecule has 688 valence electrons. The molecule has 8 unspecified atom stereocenters. The standard InChI is InChI=1S/C20H23FN2O9P2.C19H20FNO9P2.C19H21NO9P2.C18H18FNO9P2/c21-16-11-15(6-7-17(16)30-19(24)23-9-2-1-3-10-23)18-31-33(26,27)20(25,34(28,29)32-18)12-14-5-4-8-22-13-14;1-12(2)8-17(22)28-16-6-5-14(9-15(16)20)18-29-31(24,25)19(23,32(26,27)30-18)10-13-4-3-7-21-11-13;21-17(14-4-1-5-14)27-16-8-6-15(7-9-16)18-28-30(23,24)19(22,31(25,26)29-18)11-13-3-2-10-20-12-13;19-14-8-13(5-6-15(14)27-16(21)12-3-4-12)17-28-30(23,24)18(22,31(25,26)29-17)9-11-2-1-7-20-10-11/h4-8,11,13,18,25H,1-3,9-10,12H2,(H,26,27)(H,28,29);3-9,11,18,23H,10H2,1-2H3,(H,24,25)(H,26,27);2-3,6-10,12,14,18,22H,1,4-5,11H2,(H,23,24)(H,25,26);1-2,5-8,10,12,17,22H,3-4,9H2,(H,23,24)(H,25,26). The first-order valence-corrected chi connectivity index (χ1v) is 50.9. The van der Waals surface area contributed by atoms with Crippen LogP contribution in [0.3, 0.4) is 0 Å². The van der Waals surface area contributed by atoms with Gasteiger partial charge in [-0.25, -0.2) is 22.8 Å². The minimum Gasteiger partial charge on any atom is -0.426 e. The average molecular weight is 1950 g/mol. The summed E-state index contributed by atoms with van der Waals surface area (Å²) >= 11 is 0. The molecule has 0 spiro atoms. The lowest BCUT2D eigenvalue weighted by atomic mass is 9.86. The molecular formula is C76H82F3N5O36P8. The molecule has 7 aliphatic rings. The van der Waals surface area contributed by atoms with Crippen LogP contribution in [0.1, 0.15) is 135 Å². The summed E-state index contributed by atoms with van der Waals surface area (Å²) in [4.78, 5) is 147. The van der Waals surface area contributed by atoms with Gasteiger partial charge in [-0.1, -0.05) is 66.6 Å². The summed E-state index contributed by atoms with van der Waals surface area (Å²) < 4.78 is 206. The highest BCUT2D eigenvalue weighted by atomic mass is 31.3. The summed E-state index contributed by atoms with van der Waals surface area (Å²) in [6.07, 6.45) is 7.21. The molecule has 7 fully saturated rings. The van der Waals surface area contributed by atoms with E-state index in [1.165, 1.54) is 127 Å². The third-order valence-electron chi connectivity index (χ3n) is 20.2. The van der Waals surface area contributed by atoms with E-state index >= 15 is 0 Å². The van der Waals surface area contributed by atoms with Crippen LogP contribution in [-0.4, -0.2) is 142 Å². The number of carbonyl (C=O) groups excluding carboxylic acids is 4. The molecule has 128 heavy (non-hydrogen) atoms. The molecule has 0 radical (unpaired) electrons. The summed E-state index contributed by atoms with van der Waals surface area (Å²) in [5.74, 6) is -6.13. The highest BCUT2D eigenvalue weighted by molar-refractivity contribution is 7.75. The second-order valence-corrected chi connectivity index (χ2v) is 47.4. The van der Waals surface area contributed by atoms with Crippen LogP contribution in [0.25, 0.3) is 0 Å². The van der Waals surface area contributed by atoms with Gasteiger partial charge in [0, 0.05) is 117 Å². The minimum absolute atomic E-state index is 0.109. The van der Waals surface area contributed by atoms with Gasteiger partial charge in [-0.3, -0.25) is 102 Å². The van der Waals surface area contributed by atoms with Gasteiger partial charge in [-0.05, 0) is 154 Å². The fourth-order valence-electron chi connectivity index (χ4n) is 12.7. The Morgan fingerprint density at radius 3 is 0.961 bits per heavy atom. The highest BCUT2D eigenvalue weighted by Gasteiger charge is 2.71. The van der Waals surface area contributed by atoms with E-state index in [0.29, 0.717) is 31.5 Å². The normalized spacial score (nSPS) is 32.0. The van der Waals surface area contributed by atoms with E-state index in [9.17, 15) is 128 Å². The van der Waals surface area contributed by atoms with Crippen molar-refractivity contribution in [2.24, 2.45) is 11.8 Å². The Kier molecular flexibility index (Phi) is 30.3.